The summed E-state index contributed by atoms with van der Waals surface area (Å²) in [5.74, 6) is -0.706. The van der Waals surface area contributed by atoms with Crippen molar-refractivity contribution < 1.29 is 34.8 Å². The molecular weight excluding hydrogens is 440 g/mol. The Balaban J connectivity index is 1.98. The molecule has 1 saturated carbocycles. The van der Waals surface area contributed by atoms with Crippen molar-refractivity contribution in [3.05, 3.63) is 45.7 Å². The molecule has 9 nitrogen and oxygen atoms in total. The number of aromatic hydroxyl groups is 1. The van der Waals surface area contributed by atoms with Gasteiger partial charge in [-0.15, -0.1) is 0 Å². The Morgan fingerprint density at radius 2 is 1.91 bits per heavy atom. The number of carbonyl (C=O) groups excluding carboxylic acids is 3. The minimum Gasteiger partial charge on any atom is -0.508 e. The van der Waals surface area contributed by atoms with Crippen LogP contribution in [0.3, 0.4) is 0 Å². The first-order valence-electron chi connectivity index (χ1n) is 10.9. The molecule has 0 spiro atoms. The Labute approximate surface area is 196 Å². The maximum absolute atomic E-state index is 13.7. The lowest BCUT2D eigenvalue weighted by atomic mass is 9.57. The van der Waals surface area contributed by atoms with E-state index in [0.29, 0.717) is 17.5 Å². The fourth-order valence-electron chi connectivity index (χ4n) is 5.54. The van der Waals surface area contributed by atoms with Crippen LogP contribution in [-0.4, -0.2) is 68.5 Å². The van der Waals surface area contributed by atoms with E-state index in [1.54, 1.807) is 20.2 Å². The zero-order valence-corrected chi connectivity index (χ0v) is 19.0. The molecule has 4 unspecified atom stereocenters. The second-order valence-corrected chi connectivity index (χ2v) is 9.10. The zero-order chi connectivity index (χ0) is 25.1. The molecule has 0 aliphatic heterocycles. The third-order valence-corrected chi connectivity index (χ3v) is 7.00. The van der Waals surface area contributed by atoms with Crippen molar-refractivity contribution in [3.8, 4) is 17.6 Å². The molecular formula is C25H26N2O7. The summed E-state index contributed by atoms with van der Waals surface area (Å²) in [6.45, 7) is 1.89. The van der Waals surface area contributed by atoms with Crippen LogP contribution >= 0.6 is 0 Å². The number of hydrogen-bond donors (Lipinski definition) is 5. The Morgan fingerprint density at radius 3 is 2.50 bits per heavy atom. The Hall–Kier alpha value is -3.61. The molecule has 4 atom stereocenters. The van der Waals surface area contributed by atoms with E-state index < -0.39 is 58.0 Å². The summed E-state index contributed by atoms with van der Waals surface area (Å²) in [4.78, 5) is 40.2. The molecule has 0 heterocycles. The van der Waals surface area contributed by atoms with Crippen molar-refractivity contribution >= 4 is 23.2 Å². The van der Waals surface area contributed by atoms with Crippen molar-refractivity contribution in [2.45, 2.75) is 37.8 Å². The van der Waals surface area contributed by atoms with Crippen molar-refractivity contribution in [1.29, 1.82) is 0 Å². The van der Waals surface area contributed by atoms with Crippen LogP contribution in [0.1, 0.15) is 36.5 Å². The van der Waals surface area contributed by atoms with Gasteiger partial charge in [0.2, 0.25) is 5.78 Å². The van der Waals surface area contributed by atoms with Crippen LogP contribution in [0.5, 0.6) is 5.75 Å². The van der Waals surface area contributed by atoms with Gasteiger partial charge in [0.15, 0.2) is 11.4 Å². The van der Waals surface area contributed by atoms with Crippen LogP contribution in [-0.2, 0) is 20.8 Å². The molecule has 1 amide bonds. The molecule has 34 heavy (non-hydrogen) atoms. The minimum absolute atomic E-state index is 0.0409. The van der Waals surface area contributed by atoms with Gasteiger partial charge in [0, 0.05) is 23.5 Å². The van der Waals surface area contributed by atoms with Gasteiger partial charge >= 0.3 is 0 Å². The van der Waals surface area contributed by atoms with Crippen LogP contribution < -0.4 is 5.73 Å². The molecule has 0 radical (unpaired) electrons. The number of fused-ring (bicyclic) bond motifs is 3. The van der Waals surface area contributed by atoms with E-state index in [4.69, 9.17) is 5.73 Å². The van der Waals surface area contributed by atoms with Crippen molar-refractivity contribution in [2.24, 2.45) is 17.6 Å². The Bertz CT molecular complexity index is 1260. The molecule has 1 aromatic rings. The second-order valence-electron chi connectivity index (χ2n) is 9.10. The molecule has 0 aromatic heterocycles. The van der Waals surface area contributed by atoms with E-state index >= 15 is 0 Å². The SMILES string of the molecule is CCC#Cc1ccc(O)c2c1CC1CC3C(N(C)C)C(=O)C(C(N)=O)=C(O)C3(O)C(=O)C1=C2O. The molecule has 0 saturated heterocycles. The van der Waals surface area contributed by atoms with Crippen LogP contribution in [0.25, 0.3) is 5.76 Å². The minimum atomic E-state index is -2.64. The van der Waals surface area contributed by atoms with Crippen LogP contribution in [0.2, 0.25) is 0 Å². The topological polar surface area (TPSA) is 161 Å². The van der Waals surface area contributed by atoms with Crippen molar-refractivity contribution in [2.75, 3.05) is 14.1 Å². The van der Waals surface area contributed by atoms with Gasteiger partial charge in [-0.25, -0.2) is 0 Å². The predicted octanol–water partition coefficient (Wildman–Crippen LogP) is 0.725. The highest BCUT2D eigenvalue weighted by atomic mass is 16.3. The highest BCUT2D eigenvalue weighted by Crippen LogP contribution is 2.52. The smallest absolute Gasteiger partial charge is 0.255 e. The highest BCUT2D eigenvalue weighted by molar-refractivity contribution is 6.24. The molecule has 0 bridgehead atoms. The lowest BCUT2D eigenvalue weighted by molar-refractivity contribution is -0.153. The molecule has 1 aromatic carbocycles. The van der Waals surface area contributed by atoms with E-state index in [1.807, 2.05) is 6.92 Å². The number of nitrogens with two attached hydrogens (primary N) is 1. The molecule has 4 rings (SSSR count). The second kappa shape index (κ2) is 8.01. The number of rotatable bonds is 2. The first-order valence-corrected chi connectivity index (χ1v) is 10.9. The fourth-order valence-corrected chi connectivity index (χ4v) is 5.54. The lowest BCUT2D eigenvalue weighted by Gasteiger charge is -2.50. The molecule has 9 heteroatoms. The number of likely N-dealkylation sites (N-methyl/N-ethyl adjacent to an activating group) is 1. The molecule has 3 aliphatic carbocycles. The van der Waals surface area contributed by atoms with E-state index in [0.717, 1.165) is 0 Å². The summed E-state index contributed by atoms with van der Waals surface area (Å²) in [5, 5.41) is 44.0. The normalized spacial score (nSPS) is 28.2. The number of nitrogens with zero attached hydrogens (tertiary/aromatic N) is 1. The monoisotopic (exact) mass is 466 g/mol. The number of primary amides is 1. The summed E-state index contributed by atoms with van der Waals surface area (Å²) >= 11 is 0. The number of ketones is 2. The number of amides is 1. The lowest BCUT2D eigenvalue weighted by Crippen LogP contribution is -2.65. The summed E-state index contributed by atoms with van der Waals surface area (Å²) in [7, 11) is 3.12. The molecule has 178 valence electrons. The number of aliphatic hydroxyl groups excluding tert-OH is 2. The van der Waals surface area contributed by atoms with Gasteiger partial charge in [-0.05, 0) is 50.6 Å². The Morgan fingerprint density at radius 1 is 1.24 bits per heavy atom. The molecule has 6 N–H and O–H groups in total. The summed E-state index contributed by atoms with van der Waals surface area (Å²) in [6, 6.07) is 1.89. The summed E-state index contributed by atoms with van der Waals surface area (Å²) < 4.78 is 0. The zero-order valence-electron chi connectivity index (χ0n) is 19.0. The summed E-state index contributed by atoms with van der Waals surface area (Å²) in [6.07, 6.45) is 0.860. The van der Waals surface area contributed by atoms with Gasteiger partial charge in [-0.3, -0.25) is 19.3 Å². The first kappa shape index (κ1) is 23.5. The maximum Gasteiger partial charge on any atom is 0.255 e. The van der Waals surface area contributed by atoms with E-state index in [1.165, 1.54) is 11.0 Å². The van der Waals surface area contributed by atoms with Gasteiger partial charge in [-0.1, -0.05) is 18.8 Å². The first-order chi connectivity index (χ1) is 16.0. The number of hydrogen-bond acceptors (Lipinski definition) is 8. The van der Waals surface area contributed by atoms with Gasteiger partial charge in [-0.2, -0.15) is 0 Å². The van der Waals surface area contributed by atoms with Gasteiger partial charge in [0.05, 0.1) is 11.6 Å². The highest BCUT2D eigenvalue weighted by Gasteiger charge is 2.64. The third-order valence-electron chi connectivity index (χ3n) is 7.00. The van der Waals surface area contributed by atoms with Gasteiger partial charge < -0.3 is 26.2 Å². The maximum atomic E-state index is 13.7. The third kappa shape index (κ3) is 3.06. The van der Waals surface area contributed by atoms with Crippen LogP contribution in [0, 0.1) is 23.7 Å². The largest absolute Gasteiger partial charge is 0.508 e. The average molecular weight is 466 g/mol. The standard InChI is InChI=1S/C25H26N2O7/c1-4-5-6-11-7-8-15(28)17-13(11)9-12-10-14-19(27(2)3)21(30)18(24(26)33)23(32)25(14,34)22(31)16(12)20(17)29/h7-8,12,14,19,28-29,32,34H,4,9-10H2,1-3H3,(H2,26,33). The fraction of sp³-hybridized carbons (Fsp3) is 0.400. The van der Waals surface area contributed by atoms with Gasteiger partial charge in [0.1, 0.15) is 22.8 Å². The van der Waals surface area contributed by atoms with Crippen molar-refractivity contribution in [1.82, 2.24) is 4.90 Å². The number of carbonyl (C=O) groups is 3. The number of phenols is 1. The van der Waals surface area contributed by atoms with E-state index in [9.17, 15) is 34.8 Å². The Kier molecular flexibility index (Phi) is 5.55. The number of phenolic OH excluding ortho intramolecular Hbond substituents is 1. The quantitative estimate of drug-likeness (QED) is 0.315. The average Bonchev–Trinajstić information content (AvgIpc) is 2.75. The predicted molar refractivity (Wildman–Crippen MR) is 121 cm³/mol. The number of Topliss-reactive ketones (excluding diaryl/α,β-unsaturated/α-hetero) is 2. The number of benzene rings is 1. The van der Waals surface area contributed by atoms with Gasteiger partial charge in [0.25, 0.3) is 5.91 Å². The number of aliphatic hydroxyl groups is 3. The van der Waals surface area contributed by atoms with Crippen molar-refractivity contribution in [3.63, 3.8) is 0 Å². The summed E-state index contributed by atoms with van der Waals surface area (Å²) in [5.41, 5.74) is 2.86. The molecule has 1 fully saturated rings. The van der Waals surface area contributed by atoms with Crippen LogP contribution in [0.15, 0.2) is 29.0 Å². The molecule has 3 aliphatic rings. The van der Waals surface area contributed by atoms with Crippen LogP contribution in [0.4, 0.5) is 0 Å². The van der Waals surface area contributed by atoms with E-state index in [-0.39, 0.29) is 29.7 Å². The van der Waals surface area contributed by atoms with E-state index in [2.05, 4.69) is 11.8 Å².